The Hall–Kier alpha value is -1.22. The molecule has 0 radical (unpaired) electrons. The molecule has 0 saturated carbocycles. The van der Waals surface area contributed by atoms with Crippen molar-refractivity contribution in [3.05, 3.63) is 0 Å². The van der Waals surface area contributed by atoms with Crippen molar-refractivity contribution in [1.82, 2.24) is 4.90 Å². The van der Waals surface area contributed by atoms with Crippen LogP contribution in [-0.2, 0) is 14.3 Å². The molecule has 0 bridgehead atoms. The summed E-state index contributed by atoms with van der Waals surface area (Å²) in [6.45, 7) is 9.42. The summed E-state index contributed by atoms with van der Waals surface area (Å²) in [6, 6.07) is 0. The fraction of sp³-hybridized carbons (Fsp3) is 0.875. The van der Waals surface area contributed by atoms with Gasteiger partial charge in [0.15, 0.2) is 12.3 Å². The average molecular weight is 347 g/mol. The SMILES string of the molecule is CC(C)C(C)(C(=O)N(C)C1O[C@H](C(=O)O)[C@@H](O)[C@H](O)[C@H]1O)C(C)C. The van der Waals surface area contributed by atoms with Crippen LogP contribution in [0.15, 0.2) is 0 Å². The van der Waals surface area contributed by atoms with Crippen LogP contribution in [-0.4, -0.2) is 74.9 Å². The first kappa shape index (κ1) is 20.8. The fourth-order valence-electron chi connectivity index (χ4n) is 3.04. The lowest BCUT2D eigenvalue weighted by Gasteiger charge is -2.46. The number of hydrogen-bond donors (Lipinski definition) is 4. The minimum Gasteiger partial charge on any atom is -0.479 e. The van der Waals surface area contributed by atoms with Crippen molar-refractivity contribution in [2.24, 2.45) is 17.3 Å². The number of aliphatic hydroxyl groups is 3. The van der Waals surface area contributed by atoms with Gasteiger partial charge in [0.2, 0.25) is 5.91 Å². The molecule has 5 atom stereocenters. The Kier molecular flexibility index (Phi) is 6.37. The lowest BCUT2D eigenvalue weighted by molar-refractivity contribution is -0.257. The molecule has 0 aromatic heterocycles. The number of amides is 1. The molecule has 1 aliphatic rings. The molecule has 140 valence electrons. The Labute approximate surface area is 142 Å². The topological polar surface area (TPSA) is 128 Å². The molecule has 4 N–H and O–H groups in total. The molecular formula is C16H29NO7. The molecule has 1 saturated heterocycles. The molecular weight excluding hydrogens is 318 g/mol. The zero-order chi connectivity index (χ0) is 19.0. The van der Waals surface area contributed by atoms with Gasteiger partial charge in [0, 0.05) is 7.05 Å². The zero-order valence-corrected chi connectivity index (χ0v) is 15.0. The van der Waals surface area contributed by atoms with Crippen molar-refractivity contribution in [2.45, 2.75) is 65.3 Å². The second-order valence-corrected chi connectivity index (χ2v) is 7.27. The fourth-order valence-corrected chi connectivity index (χ4v) is 3.04. The third kappa shape index (κ3) is 3.42. The number of ether oxygens (including phenoxy) is 1. The standard InChI is InChI=1S/C16H29NO7/c1-7(2)16(5,8(3)4)15(23)17(6)13-11(20)9(18)10(19)12(24-13)14(21)22/h7-13,18-20H,1-6H3,(H,21,22)/t9-,10-,11+,12-,13?/m0/s1. The van der Waals surface area contributed by atoms with Gasteiger partial charge in [0.25, 0.3) is 0 Å². The summed E-state index contributed by atoms with van der Waals surface area (Å²) >= 11 is 0. The molecule has 0 aromatic rings. The highest BCUT2D eigenvalue weighted by molar-refractivity contribution is 5.83. The first-order chi connectivity index (χ1) is 10.9. The van der Waals surface area contributed by atoms with E-state index in [9.17, 15) is 24.9 Å². The van der Waals surface area contributed by atoms with Crippen molar-refractivity contribution in [3.8, 4) is 0 Å². The number of hydrogen-bond acceptors (Lipinski definition) is 6. The molecule has 8 heteroatoms. The molecule has 1 rings (SSSR count). The van der Waals surface area contributed by atoms with E-state index in [0.29, 0.717) is 0 Å². The number of aliphatic carboxylic acids is 1. The number of carbonyl (C=O) groups excluding carboxylic acids is 1. The maximum absolute atomic E-state index is 13.0. The van der Waals surface area contributed by atoms with Gasteiger partial charge in [-0.1, -0.05) is 34.6 Å². The van der Waals surface area contributed by atoms with Gasteiger partial charge in [-0.05, 0) is 11.8 Å². The lowest BCUT2D eigenvalue weighted by Crippen LogP contribution is -2.65. The molecule has 8 nitrogen and oxygen atoms in total. The lowest BCUT2D eigenvalue weighted by atomic mass is 9.69. The Morgan fingerprint density at radius 2 is 1.46 bits per heavy atom. The van der Waals surface area contributed by atoms with Gasteiger partial charge < -0.3 is 30.1 Å². The highest BCUT2D eigenvalue weighted by atomic mass is 16.6. The first-order valence-corrected chi connectivity index (χ1v) is 8.07. The monoisotopic (exact) mass is 347 g/mol. The summed E-state index contributed by atoms with van der Waals surface area (Å²) in [7, 11) is 1.39. The minimum atomic E-state index is -1.78. The van der Waals surface area contributed by atoms with Crippen LogP contribution in [0, 0.1) is 17.3 Å². The van der Waals surface area contributed by atoms with E-state index >= 15 is 0 Å². The number of carboxylic acids is 1. The van der Waals surface area contributed by atoms with E-state index in [-0.39, 0.29) is 17.7 Å². The Morgan fingerprint density at radius 1 is 1.00 bits per heavy atom. The van der Waals surface area contributed by atoms with Crippen LogP contribution in [0.25, 0.3) is 0 Å². The Balaban J connectivity index is 3.14. The molecule has 1 aliphatic heterocycles. The number of carboxylic acid groups (broad SMARTS) is 1. The summed E-state index contributed by atoms with van der Waals surface area (Å²) in [5.41, 5.74) is -0.766. The van der Waals surface area contributed by atoms with Crippen molar-refractivity contribution in [3.63, 3.8) is 0 Å². The van der Waals surface area contributed by atoms with Gasteiger partial charge in [-0.2, -0.15) is 0 Å². The maximum atomic E-state index is 13.0. The molecule has 0 aromatic carbocycles. The maximum Gasteiger partial charge on any atom is 0.335 e. The molecule has 1 fully saturated rings. The number of likely N-dealkylation sites (N-methyl/N-ethyl adjacent to an activating group) is 1. The first-order valence-electron chi connectivity index (χ1n) is 8.07. The smallest absolute Gasteiger partial charge is 0.335 e. The number of nitrogens with zero attached hydrogens (tertiary/aromatic N) is 1. The van der Waals surface area contributed by atoms with Crippen LogP contribution >= 0.6 is 0 Å². The van der Waals surface area contributed by atoms with Gasteiger partial charge in [0.1, 0.15) is 18.3 Å². The zero-order valence-electron chi connectivity index (χ0n) is 15.0. The van der Waals surface area contributed by atoms with E-state index in [1.807, 2.05) is 27.7 Å². The summed E-state index contributed by atoms with van der Waals surface area (Å²) in [5, 5.41) is 38.9. The summed E-state index contributed by atoms with van der Waals surface area (Å²) in [6.07, 6.45) is -8.22. The van der Waals surface area contributed by atoms with Crippen LogP contribution in [0.5, 0.6) is 0 Å². The molecule has 1 heterocycles. The van der Waals surface area contributed by atoms with E-state index in [1.54, 1.807) is 6.92 Å². The van der Waals surface area contributed by atoms with Gasteiger partial charge in [-0.15, -0.1) is 0 Å². The normalized spacial score (nSPS) is 31.4. The highest BCUT2D eigenvalue weighted by Crippen LogP contribution is 2.38. The van der Waals surface area contributed by atoms with E-state index in [1.165, 1.54) is 7.05 Å². The predicted molar refractivity (Wildman–Crippen MR) is 84.9 cm³/mol. The molecule has 0 aliphatic carbocycles. The average Bonchev–Trinajstić information content (AvgIpc) is 2.49. The van der Waals surface area contributed by atoms with Crippen LogP contribution in [0.2, 0.25) is 0 Å². The Bertz CT molecular complexity index is 471. The summed E-state index contributed by atoms with van der Waals surface area (Å²) in [4.78, 5) is 25.3. The summed E-state index contributed by atoms with van der Waals surface area (Å²) < 4.78 is 5.23. The number of rotatable bonds is 5. The third-order valence-corrected chi connectivity index (χ3v) is 5.39. The highest BCUT2D eigenvalue weighted by Gasteiger charge is 2.51. The molecule has 0 spiro atoms. The second kappa shape index (κ2) is 7.35. The number of carbonyl (C=O) groups is 2. The van der Waals surface area contributed by atoms with Gasteiger partial charge in [-0.3, -0.25) is 4.79 Å². The second-order valence-electron chi connectivity index (χ2n) is 7.27. The van der Waals surface area contributed by atoms with E-state index in [4.69, 9.17) is 9.84 Å². The minimum absolute atomic E-state index is 0.0148. The quantitative estimate of drug-likeness (QED) is 0.535. The van der Waals surface area contributed by atoms with Crippen LogP contribution in [0.1, 0.15) is 34.6 Å². The molecule has 1 unspecified atom stereocenters. The summed E-state index contributed by atoms with van der Waals surface area (Å²) in [5.74, 6) is -1.84. The largest absolute Gasteiger partial charge is 0.479 e. The van der Waals surface area contributed by atoms with Gasteiger partial charge in [-0.25, -0.2) is 4.79 Å². The third-order valence-electron chi connectivity index (χ3n) is 5.39. The number of aliphatic hydroxyl groups excluding tert-OH is 3. The Morgan fingerprint density at radius 3 is 1.83 bits per heavy atom. The van der Waals surface area contributed by atoms with Crippen molar-refractivity contribution in [2.75, 3.05) is 7.05 Å². The van der Waals surface area contributed by atoms with E-state index in [0.717, 1.165) is 4.90 Å². The van der Waals surface area contributed by atoms with Crippen LogP contribution in [0.3, 0.4) is 0 Å². The van der Waals surface area contributed by atoms with Gasteiger partial charge in [0.05, 0.1) is 5.41 Å². The van der Waals surface area contributed by atoms with Crippen molar-refractivity contribution >= 4 is 11.9 Å². The van der Waals surface area contributed by atoms with Crippen LogP contribution in [0.4, 0.5) is 0 Å². The van der Waals surface area contributed by atoms with Crippen molar-refractivity contribution < 1.29 is 34.8 Å². The molecule has 24 heavy (non-hydrogen) atoms. The molecule has 1 amide bonds. The predicted octanol–water partition coefficient (Wildman–Crippen LogP) is -0.345. The van der Waals surface area contributed by atoms with E-state index < -0.39 is 42.0 Å². The van der Waals surface area contributed by atoms with Crippen LogP contribution < -0.4 is 0 Å². The van der Waals surface area contributed by atoms with Gasteiger partial charge >= 0.3 is 5.97 Å². The van der Waals surface area contributed by atoms with Crippen molar-refractivity contribution in [1.29, 1.82) is 0 Å². The van der Waals surface area contributed by atoms with E-state index in [2.05, 4.69) is 0 Å².